The first-order chi connectivity index (χ1) is 6.81. The topological polar surface area (TPSA) is 9.23 Å². The summed E-state index contributed by atoms with van der Waals surface area (Å²) in [6, 6.07) is 6.52. The molecule has 1 atom stereocenters. The number of rotatable bonds is 2. The normalized spacial score (nSPS) is 20.6. The standard InChI is InChI=1S/C12H15BrO/c1-2-14-12-5-3-4-9-8-10(13)6-7-11(9)12/h6-8,12H,2-5H2,1H3. The van der Waals surface area contributed by atoms with Gasteiger partial charge in [-0.1, -0.05) is 22.0 Å². The monoisotopic (exact) mass is 254 g/mol. The maximum absolute atomic E-state index is 5.73. The van der Waals surface area contributed by atoms with E-state index >= 15 is 0 Å². The Kier molecular flexibility index (Phi) is 3.24. The molecule has 0 bridgehead atoms. The molecule has 1 unspecified atom stereocenters. The lowest BCUT2D eigenvalue weighted by atomic mass is 9.89. The minimum Gasteiger partial charge on any atom is -0.374 e. The Balaban J connectivity index is 2.30. The molecular formula is C12H15BrO. The van der Waals surface area contributed by atoms with Crippen molar-refractivity contribution in [1.82, 2.24) is 0 Å². The van der Waals surface area contributed by atoms with Crippen molar-refractivity contribution in [2.24, 2.45) is 0 Å². The quantitative estimate of drug-likeness (QED) is 0.779. The van der Waals surface area contributed by atoms with Crippen LogP contribution in [0, 0.1) is 0 Å². The number of ether oxygens (including phenoxy) is 1. The number of aryl methyl sites for hydroxylation is 1. The Morgan fingerprint density at radius 2 is 2.36 bits per heavy atom. The Labute approximate surface area is 93.6 Å². The summed E-state index contributed by atoms with van der Waals surface area (Å²) in [5, 5.41) is 0. The average Bonchev–Trinajstić information content (AvgIpc) is 2.18. The van der Waals surface area contributed by atoms with Crippen LogP contribution in [0.4, 0.5) is 0 Å². The van der Waals surface area contributed by atoms with E-state index < -0.39 is 0 Å². The Hall–Kier alpha value is -0.340. The molecule has 14 heavy (non-hydrogen) atoms. The van der Waals surface area contributed by atoms with Gasteiger partial charge < -0.3 is 4.74 Å². The van der Waals surface area contributed by atoms with Gasteiger partial charge in [0, 0.05) is 11.1 Å². The van der Waals surface area contributed by atoms with Crippen molar-refractivity contribution in [2.75, 3.05) is 6.61 Å². The Morgan fingerprint density at radius 1 is 1.50 bits per heavy atom. The van der Waals surface area contributed by atoms with Gasteiger partial charge in [0.25, 0.3) is 0 Å². The molecule has 76 valence electrons. The molecule has 0 aromatic heterocycles. The Morgan fingerprint density at radius 3 is 3.14 bits per heavy atom. The zero-order chi connectivity index (χ0) is 9.97. The first kappa shape index (κ1) is 10.2. The van der Waals surface area contributed by atoms with E-state index in [1.165, 1.54) is 34.9 Å². The fourth-order valence-corrected chi connectivity index (χ4v) is 2.52. The molecule has 1 aliphatic carbocycles. The molecule has 0 saturated heterocycles. The first-order valence-corrected chi connectivity index (χ1v) is 6.00. The first-order valence-electron chi connectivity index (χ1n) is 5.21. The van der Waals surface area contributed by atoms with E-state index in [4.69, 9.17) is 4.74 Å². The maximum Gasteiger partial charge on any atom is 0.0827 e. The zero-order valence-corrected chi connectivity index (χ0v) is 10.0. The summed E-state index contributed by atoms with van der Waals surface area (Å²) >= 11 is 3.51. The number of hydrogen-bond donors (Lipinski definition) is 0. The second-order valence-electron chi connectivity index (χ2n) is 3.68. The summed E-state index contributed by atoms with van der Waals surface area (Å²) in [6.07, 6.45) is 3.94. The highest BCUT2D eigenvalue weighted by atomic mass is 79.9. The largest absolute Gasteiger partial charge is 0.374 e. The van der Waals surface area contributed by atoms with Crippen molar-refractivity contribution in [2.45, 2.75) is 32.3 Å². The molecule has 1 aliphatic rings. The summed E-state index contributed by atoms with van der Waals surface area (Å²) in [4.78, 5) is 0. The summed E-state index contributed by atoms with van der Waals surface area (Å²) in [6.45, 7) is 2.87. The zero-order valence-electron chi connectivity index (χ0n) is 8.42. The van der Waals surface area contributed by atoms with Crippen molar-refractivity contribution >= 4 is 15.9 Å². The Bertz CT molecular complexity index is 322. The van der Waals surface area contributed by atoms with E-state index in [-0.39, 0.29) is 0 Å². The molecule has 0 spiro atoms. The molecule has 2 heteroatoms. The van der Waals surface area contributed by atoms with Gasteiger partial charge in [-0.2, -0.15) is 0 Å². The molecule has 0 heterocycles. The molecule has 0 fully saturated rings. The fourth-order valence-electron chi connectivity index (χ4n) is 2.11. The van der Waals surface area contributed by atoms with Crippen molar-refractivity contribution < 1.29 is 4.74 Å². The van der Waals surface area contributed by atoms with Crippen molar-refractivity contribution in [3.63, 3.8) is 0 Å². The smallest absolute Gasteiger partial charge is 0.0827 e. The minimum absolute atomic E-state index is 0.330. The average molecular weight is 255 g/mol. The van der Waals surface area contributed by atoms with Crippen molar-refractivity contribution in [1.29, 1.82) is 0 Å². The van der Waals surface area contributed by atoms with Crippen LogP contribution in [-0.4, -0.2) is 6.61 Å². The summed E-state index contributed by atoms with van der Waals surface area (Å²) < 4.78 is 6.91. The van der Waals surface area contributed by atoms with Crippen LogP contribution in [0.25, 0.3) is 0 Å². The lowest BCUT2D eigenvalue weighted by molar-refractivity contribution is 0.0500. The van der Waals surface area contributed by atoms with E-state index in [0.29, 0.717) is 6.10 Å². The molecule has 1 aromatic carbocycles. The molecule has 0 saturated carbocycles. The van der Waals surface area contributed by atoms with E-state index in [0.717, 1.165) is 6.61 Å². The van der Waals surface area contributed by atoms with Crippen LogP contribution in [-0.2, 0) is 11.2 Å². The second-order valence-corrected chi connectivity index (χ2v) is 4.60. The van der Waals surface area contributed by atoms with Crippen LogP contribution in [0.2, 0.25) is 0 Å². The van der Waals surface area contributed by atoms with E-state index in [1.54, 1.807) is 0 Å². The van der Waals surface area contributed by atoms with Gasteiger partial charge in [0.1, 0.15) is 0 Å². The lowest BCUT2D eigenvalue weighted by Gasteiger charge is -2.25. The fraction of sp³-hybridized carbons (Fsp3) is 0.500. The third kappa shape index (κ3) is 2.01. The molecular weight excluding hydrogens is 240 g/mol. The van der Waals surface area contributed by atoms with Crippen molar-refractivity contribution in [3.05, 3.63) is 33.8 Å². The molecule has 0 N–H and O–H groups in total. The van der Waals surface area contributed by atoms with E-state index in [2.05, 4.69) is 41.1 Å². The van der Waals surface area contributed by atoms with Gasteiger partial charge in [-0.05, 0) is 49.4 Å². The highest BCUT2D eigenvalue weighted by Crippen LogP contribution is 2.33. The number of halogens is 1. The molecule has 0 amide bonds. The molecule has 1 nitrogen and oxygen atoms in total. The highest BCUT2D eigenvalue weighted by molar-refractivity contribution is 9.10. The van der Waals surface area contributed by atoms with Crippen LogP contribution in [0.3, 0.4) is 0 Å². The second kappa shape index (κ2) is 4.45. The molecule has 0 radical (unpaired) electrons. The predicted molar refractivity (Wildman–Crippen MR) is 61.4 cm³/mol. The van der Waals surface area contributed by atoms with Gasteiger partial charge >= 0.3 is 0 Å². The van der Waals surface area contributed by atoms with Crippen LogP contribution < -0.4 is 0 Å². The van der Waals surface area contributed by atoms with E-state index in [9.17, 15) is 0 Å². The highest BCUT2D eigenvalue weighted by Gasteiger charge is 2.19. The predicted octanol–water partition coefficient (Wildman–Crippen LogP) is 3.86. The SMILES string of the molecule is CCOC1CCCc2cc(Br)ccc21. The van der Waals surface area contributed by atoms with Gasteiger partial charge in [0.15, 0.2) is 0 Å². The van der Waals surface area contributed by atoms with Gasteiger partial charge in [-0.15, -0.1) is 0 Å². The maximum atomic E-state index is 5.73. The van der Waals surface area contributed by atoms with Crippen LogP contribution in [0.15, 0.2) is 22.7 Å². The van der Waals surface area contributed by atoms with Gasteiger partial charge in [0.2, 0.25) is 0 Å². The summed E-state index contributed by atoms with van der Waals surface area (Å²) in [5.41, 5.74) is 2.84. The van der Waals surface area contributed by atoms with Crippen LogP contribution in [0.1, 0.15) is 37.0 Å². The van der Waals surface area contributed by atoms with Gasteiger partial charge in [0.05, 0.1) is 6.10 Å². The molecule has 0 aliphatic heterocycles. The summed E-state index contributed by atoms with van der Waals surface area (Å²) in [7, 11) is 0. The number of benzene rings is 1. The lowest BCUT2D eigenvalue weighted by Crippen LogP contribution is -2.12. The number of fused-ring (bicyclic) bond motifs is 1. The third-order valence-electron chi connectivity index (χ3n) is 2.73. The van der Waals surface area contributed by atoms with E-state index in [1.807, 2.05) is 0 Å². The number of hydrogen-bond acceptors (Lipinski definition) is 1. The van der Waals surface area contributed by atoms with Gasteiger partial charge in [-0.25, -0.2) is 0 Å². The minimum atomic E-state index is 0.330. The molecule has 1 aromatic rings. The van der Waals surface area contributed by atoms with Crippen LogP contribution in [0.5, 0.6) is 0 Å². The summed E-state index contributed by atoms with van der Waals surface area (Å²) in [5.74, 6) is 0. The van der Waals surface area contributed by atoms with Crippen LogP contribution >= 0.6 is 15.9 Å². The van der Waals surface area contributed by atoms with Gasteiger partial charge in [-0.3, -0.25) is 0 Å². The van der Waals surface area contributed by atoms with Crippen molar-refractivity contribution in [3.8, 4) is 0 Å². The molecule has 2 rings (SSSR count). The third-order valence-corrected chi connectivity index (χ3v) is 3.23.